The van der Waals surface area contributed by atoms with E-state index >= 15 is 0 Å². The fourth-order valence-electron chi connectivity index (χ4n) is 3.24. The maximum absolute atomic E-state index is 4.76. The van der Waals surface area contributed by atoms with Crippen molar-refractivity contribution in [3.63, 3.8) is 0 Å². The van der Waals surface area contributed by atoms with E-state index in [9.17, 15) is 0 Å². The van der Waals surface area contributed by atoms with Crippen LogP contribution in [0.3, 0.4) is 0 Å². The van der Waals surface area contributed by atoms with E-state index in [1.54, 1.807) is 0 Å². The maximum Gasteiger partial charge on any atom is 0.184 e. The zero-order valence-corrected chi connectivity index (χ0v) is 16.3. The van der Waals surface area contributed by atoms with E-state index in [0.29, 0.717) is 18.6 Å². The van der Waals surface area contributed by atoms with Crippen LogP contribution in [-0.2, 0) is 6.54 Å². The van der Waals surface area contributed by atoms with Crippen molar-refractivity contribution in [3.8, 4) is 0 Å². The molecule has 26 heavy (non-hydrogen) atoms. The molecule has 0 aliphatic carbocycles. The van der Waals surface area contributed by atoms with E-state index in [1.807, 2.05) is 29.8 Å². The Labute approximate surface area is 155 Å². The molecule has 138 valence electrons. The first-order valence-corrected chi connectivity index (χ1v) is 9.45. The highest BCUT2D eigenvalue weighted by molar-refractivity contribution is 5.83. The fourth-order valence-corrected chi connectivity index (χ4v) is 3.24. The Morgan fingerprint density at radius 3 is 2.27 bits per heavy atom. The van der Waals surface area contributed by atoms with Crippen molar-refractivity contribution in [2.45, 2.75) is 66.1 Å². The normalized spacial score (nSPS) is 13.7. The van der Waals surface area contributed by atoms with Crippen LogP contribution in [0.2, 0.25) is 0 Å². The van der Waals surface area contributed by atoms with E-state index in [2.05, 4.69) is 60.0 Å². The van der Waals surface area contributed by atoms with Gasteiger partial charge < -0.3 is 4.90 Å². The van der Waals surface area contributed by atoms with Gasteiger partial charge in [0.05, 0.1) is 6.54 Å². The van der Waals surface area contributed by atoms with Crippen LogP contribution < -0.4 is 4.90 Å². The van der Waals surface area contributed by atoms with Crippen LogP contribution >= 0.6 is 0 Å². The van der Waals surface area contributed by atoms with Gasteiger partial charge in [-0.25, -0.2) is 14.6 Å². The standard InChI is InChI=1S/C20H28N6/c1-6-14(3)26(15(4)7-2)20-18-19(21-16(5)22-20)25(24-23-18)13-17-11-9-8-10-12-17/h8-12,14-15H,6-7,13H2,1-5H3. The molecule has 2 atom stereocenters. The minimum absolute atomic E-state index is 0.377. The number of anilines is 1. The summed E-state index contributed by atoms with van der Waals surface area (Å²) in [5.41, 5.74) is 2.76. The van der Waals surface area contributed by atoms with Gasteiger partial charge in [-0.05, 0) is 39.2 Å². The number of hydrogen-bond acceptors (Lipinski definition) is 5. The molecule has 0 fully saturated rings. The number of aromatic nitrogens is 5. The first-order chi connectivity index (χ1) is 12.5. The average Bonchev–Trinajstić information content (AvgIpc) is 3.05. The lowest BCUT2D eigenvalue weighted by Gasteiger charge is -2.35. The van der Waals surface area contributed by atoms with Gasteiger partial charge in [0, 0.05) is 12.1 Å². The molecular formula is C20H28N6. The molecule has 0 bridgehead atoms. The summed E-state index contributed by atoms with van der Waals surface area (Å²) in [4.78, 5) is 11.8. The minimum Gasteiger partial charge on any atom is -0.349 e. The fraction of sp³-hybridized carbons (Fsp3) is 0.500. The van der Waals surface area contributed by atoms with Crippen molar-refractivity contribution in [3.05, 3.63) is 41.7 Å². The van der Waals surface area contributed by atoms with Gasteiger partial charge >= 0.3 is 0 Å². The minimum atomic E-state index is 0.377. The lowest BCUT2D eigenvalue weighted by atomic mass is 10.1. The first-order valence-electron chi connectivity index (χ1n) is 9.45. The number of aryl methyl sites for hydroxylation is 1. The SMILES string of the molecule is CCC(C)N(c1nc(C)nc2c1nnn2Cc1ccccc1)C(C)CC. The average molecular weight is 352 g/mol. The van der Waals surface area contributed by atoms with Crippen molar-refractivity contribution >= 4 is 17.0 Å². The molecule has 3 aromatic rings. The highest BCUT2D eigenvalue weighted by Crippen LogP contribution is 2.27. The van der Waals surface area contributed by atoms with Crippen LogP contribution in [0.25, 0.3) is 11.2 Å². The molecule has 0 aliphatic rings. The summed E-state index contributed by atoms with van der Waals surface area (Å²) >= 11 is 0. The van der Waals surface area contributed by atoms with Crippen molar-refractivity contribution in [1.29, 1.82) is 0 Å². The van der Waals surface area contributed by atoms with Crippen LogP contribution in [0.15, 0.2) is 30.3 Å². The number of hydrogen-bond donors (Lipinski definition) is 0. The van der Waals surface area contributed by atoms with E-state index < -0.39 is 0 Å². The van der Waals surface area contributed by atoms with Gasteiger partial charge in [0.15, 0.2) is 17.0 Å². The highest BCUT2D eigenvalue weighted by Gasteiger charge is 2.25. The van der Waals surface area contributed by atoms with Crippen LogP contribution in [0.5, 0.6) is 0 Å². The molecule has 6 nitrogen and oxygen atoms in total. The van der Waals surface area contributed by atoms with Gasteiger partial charge in [-0.1, -0.05) is 49.4 Å². The Morgan fingerprint density at radius 1 is 1.00 bits per heavy atom. The molecule has 0 N–H and O–H groups in total. The second kappa shape index (κ2) is 7.81. The zero-order chi connectivity index (χ0) is 18.7. The smallest absolute Gasteiger partial charge is 0.184 e. The summed E-state index contributed by atoms with van der Waals surface area (Å²) in [6, 6.07) is 11.0. The van der Waals surface area contributed by atoms with Crippen molar-refractivity contribution in [1.82, 2.24) is 25.0 Å². The zero-order valence-electron chi connectivity index (χ0n) is 16.3. The Balaban J connectivity index is 2.09. The van der Waals surface area contributed by atoms with Gasteiger partial charge in [0.1, 0.15) is 5.82 Å². The molecule has 0 saturated carbocycles. The van der Waals surface area contributed by atoms with Crippen molar-refractivity contribution in [2.24, 2.45) is 0 Å². The lowest BCUT2D eigenvalue weighted by molar-refractivity contribution is 0.522. The lowest BCUT2D eigenvalue weighted by Crippen LogP contribution is -2.40. The Morgan fingerprint density at radius 2 is 1.65 bits per heavy atom. The van der Waals surface area contributed by atoms with Gasteiger partial charge in [-0.3, -0.25) is 0 Å². The third-order valence-electron chi connectivity index (χ3n) is 5.01. The number of nitrogens with zero attached hydrogens (tertiary/aromatic N) is 6. The largest absolute Gasteiger partial charge is 0.349 e. The summed E-state index contributed by atoms with van der Waals surface area (Å²) in [6.07, 6.45) is 2.10. The molecule has 0 spiro atoms. The Kier molecular flexibility index (Phi) is 5.49. The molecule has 0 saturated heterocycles. The molecular weight excluding hydrogens is 324 g/mol. The topological polar surface area (TPSA) is 59.7 Å². The molecule has 3 rings (SSSR count). The second-order valence-electron chi connectivity index (χ2n) is 6.92. The van der Waals surface area contributed by atoms with Crippen molar-refractivity contribution in [2.75, 3.05) is 4.90 Å². The van der Waals surface area contributed by atoms with Crippen LogP contribution in [0.1, 0.15) is 51.9 Å². The van der Waals surface area contributed by atoms with E-state index in [4.69, 9.17) is 4.98 Å². The molecule has 2 unspecified atom stereocenters. The molecule has 6 heteroatoms. The molecule has 1 aromatic carbocycles. The van der Waals surface area contributed by atoms with E-state index in [1.165, 1.54) is 5.56 Å². The number of benzene rings is 1. The van der Waals surface area contributed by atoms with Gasteiger partial charge in [0.2, 0.25) is 0 Å². The first kappa shape index (κ1) is 18.3. The van der Waals surface area contributed by atoms with Gasteiger partial charge in [-0.15, -0.1) is 5.10 Å². The van der Waals surface area contributed by atoms with Crippen LogP contribution in [-0.4, -0.2) is 37.0 Å². The molecule has 0 amide bonds. The maximum atomic E-state index is 4.76. The number of fused-ring (bicyclic) bond motifs is 1. The predicted octanol–water partition coefficient (Wildman–Crippen LogP) is 3.98. The van der Waals surface area contributed by atoms with E-state index in [-0.39, 0.29) is 0 Å². The summed E-state index contributed by atoms with van der Waals surface area (Å²) in [5, 5.41) is 8.84. The second-order valence-corrected chi connectivity index (χ2v) is 6.92. The van der Waals surface area contributed by atoms with Crippen LogP contribution in [0.4, 0.5) is 5.82 Å². The number of rotatable bonds is 7. The summed E-state index contributed by atoms with van der Waals surface area (Å²) in [7, 11) is 0. The van der Waals surface area contributed by atoms with Gasteiger partial charge in [-0.2, -0.15) is 0 Å². The van der Waals surface area contributed by atoms with Gasteiger partial charge in [0.25, 0.3) is 0 Å². The Bertz CT molecular complexity index is 847. The van der Waals surface area contributed by atoms with E-state index in [0.717, 1.165) is 35.6 Å². The Hall–Kier alpha value is -2.50. The highest BCUT2D eigenvalue weighted by atomic mass is 15.5. The van der Waals surface area contributed by atoms with Crippen LogP contribution in [0, 0.1) is 6.92 Å². The molecule has 2 heterocycles. The predicted molar refractivity (Wildman–Crippen MR) is 105 cm³/mol. The third kappa shape index (κ3) is 3.54. The molecule has 0 radical (unpaired) electrons. The third-order valence-corrected chi connectivity index (χ3v) is 5.01. The molecule has 0 aliphatic heterocycles. The van der Waals surface area contributed by atoms with Crippen molar-refractivity contribution < 1.29 is 0 Å². The summed E-state index contributed by atoms with van der Waals surface area (Å²) in [6.45, 7) is 11.5. The summed E-state index contributed by atoms with van der Waals surface area (Å²) < 4.78 is 1.87. The monoisotopic (exact) mass is 352 g/mol. The molecule has 2 aromatic heterocycles. The quantitative estimate of drug-likeness (QED) is 0.644. The summed E-state index contributed by atoms with van der Waals surface area (Å²) in [5.74, 6) is 1.65.